The zero-order chi connectivity index (χ0) is 13.1. The van der Waals surface area contributed by atoms with Crippen LogP contribution < -0.4 is 11.5 Å². The van der Waals surface area contributed by atoms with Gasteiger partial charge in [0.1, 0.15) is 6.23 Å². The maximum Gasteiger partial charge on any atom is 0.473 e. The molecule has 0 saturated carbocycles. The monoisotopic (exact) mass is 357 g/mol. The summed E-state index contributed by atoms with van der Waals surface area (Å²) in [7, 11) is -3.98. The molecule has 1 radical (unpaired) electrons. The standard InChI is InChI=1S/C10H25N2O4P.Y/c1-2-3-9-15-17(13,14)16-10(12)7-5-4-6-8-11;/h10H,2-9,11-12H2,1H3,(H,13,14);. The zero-order valence-corrected chi connectivity index (χ0v) is 14.8. The molecule has 0 aromatic heterocycles. The van der Waals surface area contributed by atoms with Gasteiger partial charge in [-0.1, -0.05) is 19.8 Å². The number of rotatable bonds is 11. The number of hydrogen-bond acceptors (Lipinski definition) is 5. The van der Waals surface area contributed by atoms with Gasteiger partial charge in [-0.3, -0.25) is 9.05 Å². The van der Waals surface area contributed by atoms with Gasteiger partial charge in [-0.25, -0.2) is 4.57 Å². The summed E-state index contributed by atoms with van der Waals surface area (Å²) in [4.78, 5) is 9.33. The van der Waals surface area contributed by atoms with E-state index in [4.69, 9.17) is 20.5 Å². The van der Waals surface area contributed by atoms with Gasteiger partial charge in [-0.15, -0.1) is 0 Å². The van der Waals surface area contributed by atoms with Crippen molar-refractivity contribution >= 4 is 7.82 Å². The molecule has 5 N–H and O–H groups in total. The molecular formula is C10H25N2O4PY. The molecule has 0 heterocycles. The molecule has 6 nitrogen and oxygen atoms in total. The molecule has 0 amide bonds. The van der Waals surface area contributed by atoms with Crippen LogP contribution in [0.25, 0.3) is 0 Å². The van der Waals surface area contributed by atoms with E-state index in [1.54, 1.807) is 0 Å². The maximum atomic E-state index is 11.4. The molecule has 2 unspecified atom stereocenters. The van der Waals surface area contributed by atoms with Crippen molar-refractivity contribution in [2.24, 2.45) is 11.5 Å². The molecule has 0 fully saturated rings. The summed E-state index contributed by atoms with van der Waals surface area (Å²) in [5.74, 6) is 0. The van der Waals surface area contributed by atoms with E-state index < -0.39 is 14.1 Å². The molecule has 0 spiro atoms. The first kappa shape index (κ1) is 21.4. The van der Waals surface area contributed by atoms with Crippen molar-refractivity contribution in [3.05, 3.63) is 0 Å². The van der Waals surface area contributed by atoms with Gasteiger partial charge < -0.3 is 16.4 Å². The Morgan fingerprint density at radius 1 is 1.28 bits per heavy atom. The molecule has 0 aliphatic carbocycles. The normalized spacial score (nSPS) is 15.8. The summed E-state index contributed by atoms with van der Waals surface area (Å²) >= 11 is 0. The zero-order valence-electron chi connectivity index (χ0n) is 11.1. The van der Waals surface area contributed by atoms with E-state index in [1.165, 1.54) is 0 Å². The Labute approximate surface area is 135 Å². The Morgan fingerprint density at radius 2 is 1.94 bits per heavy atom. The summed E-state index contributed by atoms with van der Waals surface area (Å²) in [6, 6.07) is 0. The van der Waals surface area contributed by atoms with Crippen LogP contribution in [0.4, 0.5) is 0 Å². The first-order valence-electron chi connectivity index (χ1n) is 6.13. The van der Waals surface area contributed by atoms with Crippen LogP contribution in [0.15, 0.2) is 0 Å². The van der Waals surface area contributed by atoms with E-state index in [2.05, 4.69) is 0 Å². The minimum Gasteiger partial charge on any atom is -0.330 e. The second-order valence-corrected chi connectivity index (χ2v) is 5.34. The van der Waals surface area contributed by atoms with Gasteiger partial charge in [0.15, 0.2) is 0 Å². The first-order chi connectivity index (χ1) is 8.02. The molecule has 0 aliphatic heterocycles. The number of unbranched alkanes of at least 4 members (excludes halogenated alkanes) is 3. The number of phosphoric acid groups is 1. The van der Waals surface area contributed by atoms with Crippen molar-refractivity contribution in [3.63, 3.8) is 0 Å². The third kappa shape index (κ3) is 13.6. The topological polar surface area (TPSA) is 108 Å². The van der Waals surface area contributed by atoms with Gasteiger partial charge in [-0.2, -0.15) is 0 Å². The van der Waals surface area contributed by atoms with Crippen molar-refractivity contribution < 1.29 is 51.2 Å². The molecule has 0 rings (SSSR count). The smallest absolute Gasteiger partial charge is 0.330 e. The van der Waals surface area contributed by atoms with E-state index >= 15 is 0 Å². The molecule has 18 heavy (non-hydrogen) atoms. The summed E-state index contributed by atoms with van der Waals surface area (Å²) in [6.07, 6.45) is 4.08. The number of phosphoric ester groups is 1. The second kappa shape index (κ2) is 13.1. The Kier molecular flexibility index (Phi) is 15.6. The first-order valence-corrected chi connectivity index (χ1v) is 7.62. The van der Waals surface area contributed by atoms with Crippen LogP contribution in [0.1, 0.15) is 45.4 Å². The minimum atomic E-state index is -3.98. The fourth-order valence-electron chi connectivity index (χ4n) is 1.25. The largest absolute Gasteiger partial charge is 0.473 e. The molecule has 0 bridgehead atoms. The van der Waals surface area contributed by atoms with Crippen LogP contribution in [0.2, 0.25) is 0 Å². The molecule has 2 atom stereocenters. The molecule has 8 heteroatoms. The summed E-state index contributed by atoms with van der Waals surface area (Å²) < 4.78 is 21.0. The quantitative estimate of drug-likeness (QED) is 0.295. The number of hydrogen-bond donors (Lipinski definition) is 3. The summed E-state index contributed by atoms with van der Waals surface area (Å²) in [5, 5.41) is 0. The van der Waals surface area contributed by atoms with Gasteiger partial charge in [0.05, 0.1) is 6.61 Å². The summed E-state index contributed by atoms with van der Waals surface area (Å²) in [6.45, 7) is 2.83. The molecule has 107 valence electrons. The van der Waals surface area contributed by atoms with Crippen molar-refractivity contribution in [3.8, 4) is 0 Å². The second-order valence-electron chi connectivity index (χ2n) is 3.94. The predicted octanol–water partition coefficient (Wildman–Crippen LogP) is 1.72. The average molecular weight is 357 g/mol. The van der Waals surface area contributed by atoms with Crippen LogP contribution in [0.5, 0.6) is 0 Å². The molecule has 0 aromatic rings. The van der Waals surface area contributed by atoms with Gasteiger partial charge in [0.2, 0.25) is 0 Å². The Balaban J connectivity index is 0. The van der Waals surface area contributed by atoms with Crippen molar-refractivity contribution in [1.82, 2.24) is 0 Å². The molecular weight excluding hydrogens is 332 g/mol. The SMILES string of the molecule is CCCCOP(=O)(O)OC(N)CCCCCN.[Y]. The van der Waals surface area contributed by atoms with Gasteiger partial charge in [0, 0.05) is 32.7 Å². The van der Waals surface area contributed by atoms with E-state index in [1.807, 2.05) is 6.92 Å². The van der Waals surface area contributed by atoms with Crippen molar-refractivity contribution in [1.29, 1.82) is 0 Å². The number of nitrogens with two attached hydrogens (primary N) is 2. The van der Waals surface area contributed by atoms with Gasteiger partial charge in [0.25, 0.3) is 0 Å². The third-order valence-corrected chi connectivity index (χ3v) is 3.26. The summed E-state index contributed by atoms with van der Waals surface area (Å²) in [5.41, 5.74) is 10.9. The molecule has 0 aromatic carbocycles. The van der Waals surface area contributed by atoms with Crippen LogP contribution in [0, 0.1) is 0 Å². The Bertz CT molecular complexity index is 234. The van der Waals surface area contributed by atoms with E-state index in [0.717, 1.165) is 32.1 Å². The average Bonchev–Trinajstić information content (AvgIpc) is 2.24. The fourth-order valence-corrected chi connectivity index (χ4v) is 2.11. The Hall–Kier alpha value is 1.13. The van der Waals surface area contributed by atoms with Crippen LogP contribution in [0.3, 0.4) is 0 Å². The van der Waals surface area contributed by atoms with Crippen molar-refractivity contribution in [2.45, 2.75) is 51.7 Å². The van der Waals surface area contributed by atoms with Crippen LogP contribution >= 0.6 is 7.82 Å². The maximum absolute atomic E-state index is 11.4. The van der Waals surface area contributed by atoms with Crippen LogP contribution in [-0.4, -0.2) is 24.3 Å². The molecule has 0 saturated heterocycles. The van der Waals surface area contributed by atoms with Gasteiger partial charge in [-0.05, 0) is 32.2 Å². The van der Waals surface area contributed by atoms with E-state index in [9.17, 15) is 9.46 Å². The molecule has 0 aliphatic rings. The fraction of sp³-hybridized carbons (Fsp3) is 1.00. The Morgan fingerprint density at radius 3 is 2.50 bits per heavy atom. The van der Waals surface area contributed by atoms with Gasteiger partial charge >= 0.3 is 7.82 Å². The van der Waals surface area contributed by atoms with E-state index in [0.29, 0.717) is 13.0 Å². The predicted molar refractivity (Wildman–Crippen MR) is 67.3 cm³/mol. The van der Waals surface area contributed by atoms with Crippen molar-refractivity contribution in [2.75, 3.05) is 13.2 Å². The third-order valence-electron chi connectivity index (χ3n) is 2.21. The minimum absolute atomic E-state index is 0. The van der Waals surface area contributed by atoms with Crippen LogP contribution in [-0.2, 0) is 46.3 Å². The van der Waals surface area contributed by atoms with E-state index in [-0.39, 0.29) is 39.3 Å².